The second-order valence-electron chi connectivity index (χ2n) is 5.65. The Morgan fingerprint density at radius 2 is 2.10 bits per heavy atom. The summed E-state index contributed by atoms with van der Waals surface area (Å²) in [6.07, 6.45) is 5.66. The molecule has 1 aromatic carbocycles. The number of benzene rings is 1. The van der Waals surface area contributed by atoms with Crippen LogP contribution in [-0.2, 0) is 4.79 Å². The maximum atomic E-state index is 12.2. The second-order valence-corrected chi connectivity index (χ2v) is 6.82. The average Bonchev–Trinajstić information content (AvgIpc) is 2.72. The molecule has 1 heterocycles. The van der Waals surface area contributed by atoms with Crippen LogP contribution in [0.1, 0.15) is 32.1 Å². The van der Waals surface area contributed by atoms with Gasteiger partial charge in [0.05, 0.1) is 6.04 Å². The predicted octanol–water partition coefficient (Wildman–Crippen LogP) is 3.16. The van der Waals surface area contributed by atoms with Gasteiger partial charge in [-0.15, -0.1) is 11.8 Å². The van der Waals surface area contributed by atoms with Crippen LogP contribution in [0.2, 0.25) is 0 Å². The van der Waals surface area contributed by atoms with E-state index in [1.165, 1.54) is 24.2 Å². The quantitative estimate of drug-likeness (QED) is 0.647. The van der Waals surface area contributed by atoms with E-state index in [1.807, 2.05) is 17.8 Å². The van der Waals surface area contributed by atoms with Gasteiger partial charge in [-0.25, -0.2) is 0 Å². The van der Waals surface area contributed by atoms with E-state index in [4.69, 9.17) is 0 Å². The van der Waals surface area contributed by atoms with Crippen LogP contribution in [0.5, 0.6) is 0 Å². The van der Waals surface area contributed by atoms with Crippen molar-refractivity contribution in [3.05, 3.63) is 30.3 Å². The molecule has 1 aliphatic rings. The molecule has 0 unspecified atom stereocenters. The minimum Gasteiger partial charge on any atom is -0.355 e. The molecule has 0 saturated carbocycles. The van der Waals surface area contributed by atoms with E-state index >= 15 is 0 Å². The van der Waals surface area contributed by atoms with Crippen molar-refractivity contribution in [1.29, 1.82) is 0 Å². The number of hydrogen-bond acceptors (Lipinski definition) is 3. The summed E-state index contributed by atoms with van der Waals surface area (Å²) in [5.41, 5.74) is 0. The molecule has 3 nitrogen and oxygen atoms in total. The monoisotopic (exact) mass is 306 g/mol. The van der Waals surface area contributed by atoms with Gasteiger partial charge in [-0.3, -0.25) is 9.69 Å². The molecule has 0 aromatic heterocycles. The first kappa shape index (κ1) is 16.4. The standard InChI is InChI=1S/C17H26N2OS/c1-19-13-7-3-6-11-16(19)17(20)18-12-8-14-21-15-9-4-2-5-10-15/h2,4-5,9-10,16H,3,6-8,11-14H2,1H3,(H,18,20)/t16-/m0/s1. The van der Waals surface area contributed by atoms with Gasteiger partial charge in [-0.2, -0.15) is 0 Å². The topological polar surface area (TPSA) is 32.3 Å². The fourth-order valence-electron chi connectivity index (χ4n) is 2.69. The van der Waals surface area contributed by atoms with Crippen LogP contribution < -0.4 is 5.32 Å². The summed E-state index contributed by atoms with van der Waals surface area (Å²) < 4.78 is 0. The van der Waals surface area contributed by atoms with Crippen LogP contribution in [0.15, 0.2) is 35.2 Å². The maximum Gasteiger partial charge on any atom is 0.237 e. The summed E-state index contributed by atoms with van der Waals surface area (Å²) in [5.74, 6) is 1.26. The van der Waals surface area contributed by atoms with Gasteiger partial charge in [0.15, 0.2) is 0 Å². The van der Waals surface area contributed by atoms with Gasteiger partial charge in [0, 0.05) is 11.4 Å². The van der Waals surface area contributed by atoms with Crippen molar-refractivity contribution in [1.82, 2.24) is 10.2 Å². The van der Waals surface area contributed by atoms with E-state index in [2.05, 4.69) is 41.5 Å². The second kappa shape index (κ2) is 9.11. The number of carbonyl (C=O) groups is 1. The number of amides is 1. The number of nitrogens with one attached hydrogen (secondary N) is 1. The average molecular weight is 306 g/mol. The van der Waals surface area contributed by atoms with Gasteiger partial charge in [0.2, 0.25) is 5.91 Å². The van der Waals surface area contributed by atoms with Crippen molar-refractivity contribution in [2.45, 2.75) is 43.0 Å². The van der Waals surface area contributed by atoms with Crippen molar-refractivity contribution >= 4 is 17.7 Å². The number of rotatable bonds is 6. The van der Waals surface area contributed by atoms with E-state index in [9.17, 15) is 4.79 Å². The van der Waals surface area contributed by atoms with E-state index in [-0.39, 0.29) is 11.9 Å². The minimum atomic E-state index is 0.0780. The molecule has 0 aliphatic carbocycles. The van der Waals surface area contributed by atoms with Gasteiger partial charge in [-0.1, -0.05) is 31.0 Å². The van der Waals surface area contributed by atoms with E-state index in [1.54, 1.807) is 0 Å². The summed E-state index contributed by atoms with van der Waals surface area (Å²) >= 11 is 1.85. The largest absolute Gasteiger partial charge is 0.355 e. The highest BCUT2D eigenvalue weighted by atomic mass is 32.2. The van der Waals surface area contributed by atoms with E-state index in [0.717, 1.165) is 31.7 Å². The summed E-state index contributed by atoms with van der Waals surface area (Å²) in [7, 11) is 2.07. The summed E-state index contributed by atoms with van der Waals surface area (Å²) in [6.45, 7) is 1.82. The molecule has 1 amide bonds. The van der Waals surface area contributed by atoms with Gasteiger partial charge in [0.25, 0.3) is 0 Å². The normalized spacial score (nSPS) is 20.0. The lowest BCUT2D eigenvalue weighted by atomic mass is 10.1. The number of thioether (sulfide) groups is 1. The third kappa shape index (κ3) is 5.71. The number of likely N-dealkylation sites (tertiary alicyclic amines) is 1. The first-order valence-corrected chi connectivity index (χ1v) is 8.92. The van der Waals surface area contributed by atoms with Crippen molar-refractivity contribution in [2.24, 2.45) is 0 Å². The summed E-state index contributed by atoms with van der Waals surface area (Å²) in [5, 5.41) is 3.10. The lowest BCUT2D eigenvalue weighted by molar-refractivity contribution is -0.126. The van der Waals surface area contributed by atoms with Crippen LogP contribution in [0.3, 0.4) is 0 Å². The van der Waals surface area contributed by atoms with Gasteiger partial charge < -0.3 is 5.32 Å². The Kier molecular flexibility index (Phi) is 7.10. The SMILES string of the molecule is CN1CCCCC[C@H]1C(=O)NCCCSc1ccccc1. The van der Waals surface area contributed by atoms with Gasteiger partial charge in [0.1, 0.15) is 0 Å². The molecule has 116 valence electrons. The molecule has 21 heavy (non-hydrogen) atoms. The fourth-order valence-corrected chi connectivity index (χ4v) is 3.57. The van der Waals surface area contributed by atoms with E-state index < -0.39 is 0 Å². The number of likely N-dealkylation sites (N-methyl/N-ethyl adjacent to an activating group) is 1. The van der Waals surface area contributed by atoms with Crippen molar-refractivity contribution < 1.29 is 4.79 Å². The Morgan fingerprint density at radius 3 is 2.90 bits per heavy atom. The Hall–Kier alpha value is -1.00. The molecule has 2 rings (SSSR count). The third-order valence-electron chi connectivity index (χ3n) is 3.96. The van der Waals surface area contributed by atoms with Crippen LogP contribution in [0.25, 0.3) is 0 Å². The summed E-state index contributed by atoms with van der Waals surface area (Å²) in [4.78, 5) is 15.7. The molecule has 0 radical (unpaired) electrons. The number of carbonyl (C=O) groups excluding carboxylic acids is 1. The Balaban J connectivity index is 1.62. The van der Waals surface area contributed by atoms with Gasteiger partial charge in [-0.05, 0) is 50.7 Å². The molecule has 0 bridgehead atoms. The Morgan fingerprint density at radius 1 is 1.29 bits per heavy atom. The molecule has 1 aliphatic heterocycles. The molecular weight excluding hydrogens is 280 g/mol. The highest BCUT2D eigenvalue weighted by molar-refractivity contribution is 7.99. The maximum absolute atomic E-state index is 12.2. The zero-order chi connectivity index (χ0) is 14.9. The number of nitrogens with zero attached hydrogens (tertiary/aromatic N) is 1. The Bertz CT molecular complexity index is 424. The van der Waals surface area contributed by atoms with Crippen LogP contribution in [0, 0.1) is 0 Å². The predicted molar refractivity (Wildman–Crippen MR) is 89.7 cm³/mol. The third-order valence-corrected chi connectivity index (χ3v) is 5.05. The highest BCUT2D eigenvalue weighted by Gasteiger charge is 2.23. The fraction of sp³-hybridized carbons (Fsp3) is 0.588. The van der Waals surface area contributed by atoms with Gasteiger partial charge >= 0.3 is 0 Å². The minimum absolute atomic E-state index is 0.0780. The van der Waals surface area contributed by atoms with Crippen molar-refractivity contribution in [3.8, 4) is 0 Å². The molecule has 1 N–H and O–H groups in total. The van der Waals surface area contributed by atoms with Crippen molar-refractivity contribution in [3.63, 3.8) is 0 Å². The first-order valence-electron chi connectivity index (χ1n) is 7.93. The molecule has 0 spiro atoms. The zero-order valence-electron chi connectivity index (χ0n) is 12.9. The molecule has 1 atom stereocenters. The van der Waals surface area contributed by atoms with Crippen LogP contribution in [0.4, 0.5) is 0 Å². The van der Waals surface area contributed by atoms with Crippen LogP contribution >= 0.6 is 11.8 Å². The molecule has 1 fully saturated rings. The molecule has 1 saturated heterocycles. The smallest absolute Gasteiger partial charge is 0.237 e. The van der Waals surface area contributed by atoms with Crippen molar-refractivity contribution in [2.75, 3.05) is 25.9 Å². The summed E-state index contributed by atoms with van der Waals surface area (Å²) in [6, 6.07) is 10.5. The van der Waals surface area contributed by atoms with E-state index in [0.29, 0.717) is 0 Å². The van der Waals surface area contributed by atoms with Crippen LogP contribution in [-0.4, -0.2) is 42.7 Å². The molecule has 1 aromatic rings. The number of hydrogen-bond donors (Lipinski definition) is 1. The highest BCUT2D eigenvalue weighted by Crippen LogP contribution is 2.18. The first-order chi connectivity index (χ1) is 10.3. The lowest BCUT2D eigenvalue weighted by Crippen LogP contribution is -2.45. The zero-order valence-corrected chi connectivity index (χ0v) is 13.7. The Labute approximate surface area is 132 Å². The molecular formula is C17H26N2OS. The molecule has 4 heteroatoms. The lowest BCUT2D eigenvalue weighted by Gasteiger charge is -2.24.